The molecule has 0 radical (unpaired) electrons. The van der Waals surface area contributed by atoms with Crippen LogP contribution in [0.15, 0.2) is 0 Å². The number of rotatable bonds is 5. The molecule has 7 heteroatoms. The third-order valence-electron chi connectivity index (χ3n) is 3.96. The van der Waals surface area contributed by atoms with E-state index in [-0.39, 0.29) is 0 Å². The minimum absolute atomic E-state index is 0.516. The molecule has 2 aliphatic rings. The SMILES string of the molecule is CN1CCN(CCNS(=O)(=O)N2CCCCC2)CC1. The molecule has 2 aliphatic heterocycles. The first-order chi connectivity index (χ1) is 9.08. The third kappa shape index (κ3) is 4.68. The molecule has 112 valence electrons. The number of hydrogen-bond acceptors (Lipinski definition) is 4. The Morgan fingerprint density at radius 3 is 2.21 bits per heavy atom. The van der Waals surface area contributed by atoms with E-state index < -0.39 is 10.2 Å². The molecule has 0 unspecified atom stereocenters. The van der Waals surface area contributed by atoms with Crippen molar-refractivity contribution in [1.82, 2.24) is 18.8 Å². The van der Waals surface area contributed by atoms with E-state index in [0.717, 1.165) is 52.0 Å². The molecule has 2 heterocycles. The quantitative estimate of drug-likeness (QED) is 0.745. The van der Waals surface area contributed by atoms with Crippen molar-refractivity contribution in [2.24, 2.45) is 0 Å². The highest BCUT2D eigenvalue weighted by atomic mass is 32.2. The Labute approximate surface area is 116 Å². The molecule has 0 aromatic rings. The summed E-state index contributed by atoms with van der Waals surface area (Å²) < 4.78 is 28.4. The van der Waals surface area contributed by atoms with Crippen molar-refractivity contribution in [1.29, 1.82) is 0 Å². The van der Waals surface area contributed by atoms with Crippen molar-refractivity contribution in [2.75, 3.05) is 59.4 Å². The fraction of sp³-hybridized carbons (Fsp3) is 1.00. The van der Waals surface area contributed by atoms with Gasteiger partial charge in [-0.3, -0.25) is 4.90 Å². The summed E-state index contributed by atoms with van der Waals surface area (Å²) in [4.78, 5) is 4.62. The van der Waals surface area contributed by atoms with Crippen molar-refractivity contribution in [3.8, 4) is 0 Å². The van der Waals surface area contributed by atoms with E-state index in [1.54, 1.807) is 4.31 Å². The maximum atomic E-state index is 12.1. The molecule has 1 N–H and O–H groups in total. The van der Waals surface area contributed by atoms with Crippen LogP contribution in [0.2, 0.25) is 0 Å². The molecule has 6 nitrogen and oxygen atoms in total. The molecule has 0 aromatic heterocycles. The lowest BCUT2D eigenvalue weighted by Gasteiger charge is -2.32. The number of piperazine rings is 1. The molecule has 0 amide bonds. The summed E-state index contributed by atoms with van der Waals surface area (Å²) in [5.41, 5.74) is 0. The molecule has 0 bridgehead atoms. The van der Waals surface area contributed by atoms with Gasteiger partial charge in [-0.05, 0) is 19.9 Å². The summed E-state index contributed by atoms with van der Waals surface area (Å²) in [7, 11) is -1.13. The van der Waals surface area contributed by atoms with Crippen LogP contribution in [0, 0.1) is 0 Å². The zero-order valence-corrected chi connectivity index (χ0v) is 12.7. The summed E-state index contributed by atoms with van der Waals surface area (Å²) in [6.45, 7) is 6.86. The van der Waals surface area contributed by atoms with Gasteiger partial charge in [0.15, 0.2) is 0 Å². The lowest BCUT2D eigenvalue weighted by molar-refractivity contribution is 0.156. The highest BCUT2D eigenvalue weighted by Gasteiger charge is 2.23. The van der Waals surface area contributed by atoms with Gasteiger partial charge in [0.05, 0.1) is 0 Å². The molecule has 0 spiro atoms. The van der Waals surface area contributed by atoms with Crippen LogP contribution in [0.5, 0.6) is 0 Å². The van der Waals surface area contributed by atoms with Gasteiger partial charge >= 0.3 is 0 Å². The third-order valence-corrected chi connectivity index (χ3v) is 5.58. The van der Waals surface area contributed by atoms with Crippen LogP contribution >= 0.6 is 0 Å². The number of piperidine rings is 1. The van der Waals surface area contributed by atoms with Crippen molar-refractivity contribution < 1.29 is 8.42 Å². The van der Waals surface area contributed by atoms with Crippen LogP contribution in [0.4, 0.5) is 0 Å². The van der Waals surface area contributed by atoms with E-state index in [1.165, 1.54) is 0 Å². The fourth-order valence-electron chi connectivity index (χ4n) is 2.60. The highest BCUT2D eigenvalue weighted by Crippen LogP contribution is 2.11. The summed E-state index contributed by atoms with van der Waals surface area (Å²) in [6, 6.07) is 0. The van der Waals surface area contributed by atoms with Gasteiger partial charge in [0, 0.05) is 52.4 Å². The highest BCUT2D eigenvalue weighted by molar-refractivity contribution is 7.87. The van der Waals surface area contributed by atoms with Gasteiger partial charge in [-0.25, -0.2) is 4.72 Å². The van der Waals surface area contributed by atoms with Crippen molar-refractivity contribution in [2.45, 2.75) is 19.3 Å². The first-order valence-electron chi connectivity index (χ1n) is 7.23. The van der Waals surface area contributed by atoms with E-state index in [1.807, 2.05) is 0 Å². The molecule has 2 saturated heterocycles. The van der Waals surface area contributed by atoms with E-state index >= 15 is 0 Å². The molecule has 0 aromatic carbocycles. The summed E-state index contributed by atoms with van der Waals surface area (Å²) in [5.74, 6) is 0. The normalized spacial score (nSPS) is 24.7. The molecule has 0 aliphatic carbocycles. The van der Waals surface area contributed by atoms with Gasteiger partial charge < -0.3 is 4.90 Å². The Hall–Kier alpha value is -0.210. The molecule has 2 fully saturated rings. The molecular weight excluding hydrogens is 264 g/mol. The molecule has 0 saturated carbocycles. The predicted octanol–water partition coefficient (Wildman–Crippen LogP) is -0.446. The number of hydrogen-bond donors (Lipinski definition) is 1. The van der Waals surface area contributed by atoms with Crippen LogP contribution in [-0.4, -0.2) is 81.9 Å². The van der Waals surface area contributed by atoms with E-state index in [9.17, 15) is 8.42 Å². The van der Waals surface area contributed by atoms with Gasteiger partial charge in [0.2, 0.25) is 0 Å². The van der Waals surface area contributed by atoms with Crippen LogP contribution in [0.25, 0.3) is 0 Å². The van der Waals surface area contributed by atoms with Crippen LogP contribution in [0.3, 0.4) is 0 Å². The minimum atomic E-state index is -3.25. The number of likely N-dealkylation sites (N-methyl/N-ethyl adjacent to an activating group) is 1. The summed E-state index contributed by atoms with van der Waals surface area (Å²) in [6.07, 6.45) is 3.12. The summed E-state index contributed by atoms with van der Waals surface area (Å²) in [5, 5.41) is 0. The van der Waals surface area contributed by atoms with Gasteiger partial charge in [0.1, 0.15) is 0 Å². The maximum absolute atomic E-state index is 12.1. The zero-order chi connectivity index (χ0) is 13.7. The average molecular weight is 290 g/mol. The minimum Gasteiger partial charge on any atom is -0.304 e. The lowest BCUT2D eigenvalue weighted by Crippen LogP contribution is -2.49. The van der Waals surface area contributed by atoms with Crippen LogP contribution in [0.1, 0.15) is 19.3 Å². The van der Waals surface area contributed by atoms with E-state index in [2.05, 4.69) is 21.6 Å². The van der Waals surface area contributed by atoms with E-state index in [0.29, 0.717) is 19.6 Å². The van der Waals surface area contributed by atoms with Crippen LogP contribution in [-0.2, 0) is 10.2 Å². The first-order valence-corrected chi connectivity index (χ1v) is 8.67. The number of nitrogens with zero attached hydrogens (tertiary/aromatic N) is 3. The zero-order valence-electron chi connectivity index (χ0n) is 11.8. The second kappa shape index (κ2) is 6.99. The summed E-state index contributed by atoms with van der Waals surface area (Å²) >= 11 is 0. The van der Waals surface area contributed by atoms with Crippen molar-refractivity contribution in [3.05, 3.63) is 0 Å². The lowest BCUT2D eigenvalue weighted by atomic mass is 10.2. The number of nitrogens with one attached hydrogen (secondary N) is 1. The first kappa shape index (κ1) is 15.2. The van der Waals surface area contributed by atoms with Crippen molar-refractivity contribution in [3.63, 3.8) is 0 Å². The Bertz CT molecular complexity index is 360. The Kier molecular flexibility index (Phi) is 5.58. The molecule has 19 heavy (non-hydrogen) atoms. The molecular formula is C12H26N4O2S. The second-order valence-corrected chi connectivity index (χ2v) is 7.26. The smallest absolute Gasteiger partial charge is 0.279 e. The average Bonchev–Trinajstić information content (AvgIpc) is 2.42. The largest absolute Gasteiger partial charge is 0.304 e. The maximum Gasteiger partial charge on any atom is 0.279 e. The fourth-order valence-corrected chi connectivity index (χ4v) is 3.87. The van der Waals surface area contributed by atoms with Gasteiger partial charge in [0.25, 0.3) is 10.2 Å². The Morgan fingerprint density at radius 1 is 0.947 bits per heavy atom. The molecule has 2 rings (SSSR count). The predicted molar refractivity (Wildman–Crippen MR) is 76.3 cm³/mol. The van der Waals surface area contributed by atoms with Crippen LogP contribution < -0.4 is 4.72 Å². The van der Waals surface area contributed by atoms with Crippen molar-refractivity contribution >= 4 is 10.2 Å². The second-order valence-electron chi connectivity index (χ2n) is 5.50. The topological polar surface area (TPSA) is 55.9 Å². The monoisotopic (exact) mass is 290 g/mol. The van der Waals surface area contributed by atoms with E-state index in [4.69, 9.17) is 0 Å². The standard InChI is InChI=1S/C12H26N4O2S/c1-14-9-11-15(12-10-14)8-5-13-19(17,18)16-6-3-2-4-7-16/h13H,2-12H2,1H3. The van der Waals surface area contributed by atoms with Gasteiger partial charge in [-0.2, -0.15) is 12.7 Å². The Morgan fingerprint density at radius 2 is 1.58 bits per heavy atom. The molecule has 0 atom stereocenters. The van der Waals surface area contributed by atoms with Gasteiger partial charge in [-0.1, -0.05) is 6.42 Å². The van der Waals surface area contributed by atoms with Gasteiger partial charge in [-0.15, -0.1) is 0 Å². The Balaban J connectivity index is 1.69.